The molecule has 1 aliphatic carbocycles. The van der Waals surface area contributed by atoms with Crippen molar-refractivity contribution in [3.63, 3.8) is 0 Å². The van der Waals surface area contributed by atoms with E-state index in [0.717, 1.165) is 138 Å². The summed E-state index contributed by atoms with van der Waals surface area (Å²) in [6.07, 6.45) is 28.7. The minimum Gasteiger partial charge on any atom is -0.382 e. The number of anilines is 3. The van der Waals surface area contributed by atoms with Crippen molar-refractivity contribution in [2.75, 3.05) is 23.7 Å². The molecule has 7 aliphatic rings. The highest BCUT2D eigenvalue weighted by Crippen LogP contribution is 2.52. The molecule has 6 unspecified atom stereocenters. The molecule has 6 saturated heterocycles. The number of nitrogen functional groups attached to an aromatic ring is 3. The zero-order valence-corrected chi connectivity index (χ0v) is 60.7. The van der Waals surface area contributed by atoms with Crippen molar-refractivity contribution in [2.24, 2.45) is 5.92 Å². The third-order valence-corrected chi connectivity index (χ3v) is 22.8. The fourth-order valence-electron chi connectivity index (χ4n) is 17.7. The maximum Gasteiger partial charge on any atom is 0.298 e. The molecule has 15 heterocycles. The Morgan fingerprint density at radius 3 is 1.28 bits per heavy atom. The van der Waals surface area contributed by atoms with Gasteiger partial charge >= 0.3 is 0 Å². The molecule has 550 valence electrons. The molecule has 12 aromatic rings. The summed E-state index contributed by atoms with van der Waals surface area (Å²) in [5.41, 5.74) is 29.5. The maximum atomic E-state index is 12.9. The zero-order chi connectivity index (χ0) is 75.9. The Morgan fingerprint density at radius 1 is 0.473 bits per heavy atom. The average Bonchev–Trinajstić information content (AvgIpc) is 1.51. The quantitative estimate of drug-likeness (QED) is 0.0433. The lowest BCUT2D eigenvalue weighted by Gasteiger charge is -2.53. The van der Waals surface area contributed by atoms with Crippen LogP contribution in [0.5, 0.6) is 0 Å². The molecule has 3 aromatic carbocycles. The molecule has 6 aliphatic heterocycles. The van der Waals surface area contributed by atoms with E-state index in [4.69, 9.17) is 32.2 Å². The minimum atomic E-state index is -0.520. The lowest BCUT2D eigenvalue weighted by Crippen LogP contribution is -2.58. The van der Waals surface area contributed by atoms with Gasteiger partial charge in [-0.25, -0.2) is 29.9 Å². The van der Waals surface area contributed by atoms with Crippen molar-refractivity contribution >= 4 is 69.1 Å². The van der Waals surface area contributed by atoms with Gasteiger partial charge in [-0.3, -0.25) is 56.9 Å². The van der Waals surface area contributed by atoms with Crippen molar-refractivity contribution in [3.8, 4) is 45.6 Å². The van der Waals surface area contributed by atoms with Gasteiger partial charge in [-0.15, -0.1) is 0 Å². The number of nitrogens with two attached hydrogens (primary N) is 3. The van der Waals surface area contributed by atoms with Crippen LogP contribution in [0.25, 0.3) is 50.3 Å². The SMILES string of the molecule is C=CC(=O)N1C2CCC1C(c1nc(-c3ccc(C(=O)Cc4ccccn4)cc3)c3c(N)nccn13)C2.C=CC(=O)N1CC2CCC1(c1nc(-c3ccc(C(=O)Cc4ccccn4)cc3)c3c(N)nccn13)CC2.CC#CC(=O)N1C2CCC1C(c1nc(-c3ccc(C(=O)Cc4ccccn4)cc3)c3c(N)nccn13)C2. The number of rotatable bonds is 17. The van der Waals surface area contributed by atoms with E-state index in [-0.39, 0.29) is 90.3 Å². The number of Topliss-reactive ketones (excluding diaryl/α,β-unsaturated/α-hetero) is 3. The van der Waals surface area contributed by atoms with Crippen LogP contribution in [0.2, 0.25) is 0 Å². The number of piperidine rings is 2. The van der Waals surface area contributed by atoms with Gasteiger partial charge in [0.2, 0.25) is 11.8 Å². The Bertz CT molecular complexity index is 5650. The van der Waals surface area contributed by atoms with Gasteiger partial charge in [0.05, 0.1) is 19.3 Å². The number of aromatic nitrogens is 12. The van der Waals surface area contributed by atoms with E-state index >= 15 is 0 Å². The molecule has 24 nitrogen and oxygen atoms in total. The summed E-state index contributed by atoms with van der Waals surface area (Å²) >= 11 is 0. The number of benzene rings is 3. The summed E-state index contributed by atoms with van der Waals surface area (Å²) in [5.74, 6) is 9.70. The van der Waals surface area contributed by atoms with Crippen LogP contribution in [0.15, 0.2) is 208 Å². The standard InChI is InChI=1S/C29H28N6O2.C29H26N6O2.C28H26N6O2/c1-2-24(37)35-18-19-10-12-29(35,13-11-19)28-33-25(26-27(30)32-15-16-34(26)28)21-8-6-20(7-9-21)23(36)17-22-5-3-4-14-31-22;1-2-5-25(37)35-21-11-12-23(35)22(17-21)29-33-26(27-28(30)32-14-15-34(27)29)19-9-7-18(8-10-19)24(36)16-20-6-3-4-13-31-20;1-2-24(36)34-20-10-11-22(34)21(16-20)28-32-25(26-27(29)31-13-14-33(26)28)18-8-6-17(7-9-18)23(35)15-19-5-3-4-12-30-19/h2-9,14-16,19H,1,10-13,17-18H2,(H2,30,32);3-4,6-10,13-15,21-23H,11-12,16-17H2,1H3,(H2,30,32);2-9,12-14,20-22H,1,10-11,15-16H2,(H2,29,31). The monoisotopic (exact) mass is 1460 g/mol. The largest absolute Gasteiger partial charge is 0.382 e. The van der Waals surface area contributed by atoms with Gasteiger partial charge in [-0.2, -0.15) is 0 Å². The number of ketones is 3. The second-order valence-corrected chi connectivity index (χ2v) is 29.0. The summed E-state index contributed by atoms with van der Waals surface area (Å²) in [5, 5.41) is 0. The maximum absolute atomic E-state index is 12.9. The predicted octanol–water partition coefficient (Wildman–Crippen LogP) is 11.7. The molecule has 0 spiro atoms. The van der Waals surface area contributed by atoms with Crippen LogP contribution in [0, 0.1) is 17.8 Å². The number of amides is 3. The molecule has 7 fully saturated rings. The first-order valence-corrected chi connectivity index (χ1v) is 37.2. The molecule has 6 atom stereocenters. The number of carbonyl (C=O) groups excluding carboxylic acids is 6. The average molecular weight is 1460 g/mol. The van der Waals surface area contributed by atoms with Crippen LogP contribution < -0.4 is 17.2 Å². The highest BCUT2D eigenvalue weighted by atomic mass is 16.2. The van der Waals surface area contributed by atoms with Gasteiger partial charge in [0.15, 0.2) is 17.3 Å². The number of hydrogen-bond donors (Lipinski definition) is 3. The predicted molar refractivity (Wildman–Crippen MR) is 417 cm³/mol. The van der Waals surface area contributed by atoms with Crippen LogP contribution in [-0.4, -0.2) is 139 Å². The third-order valence-electron chi connectivity index (χ3n) is 22.8. The molecule has 9 aromatic heterocycles. The number of fused-ring (bicyclic) bond motifs is 10. The van der Waals surface area contributed by atoms with E-state index in [0.29, 0.717) is 57.8 Å². The molecule has 24 heteroatoms. The summed E-state index contributed by atoms with van der Waals surface area (Å²) in [6.45, 7) is 9.83. The molecule has 110 heavy (non-hydrogen) atoms. The number of nitrogens with zero attached hydrogens (tertiary/aromatic N) is 15. The second kappa shape index (κ2) is 29.9. The minimum absolute atomic E-state index is 0.00162. The Morgan fingerprint density at radius 2 is 0.873 bits per heavy atom. The number of hydrogen-bond acceptors (Lipinski definition) is 18. The van der Waals surface area contributed by atoms with E-state index < -0.39 is 5.54 Å². The topological polar surface area (TPSA) is 319 Å². The van der Waals surface area contributed by atoms with Crippen LogP contribution in [0.1, 0.15) is 149 Å². The first kappa shape index (κ1) is 71.1. The van der Waals surface area contributed by atoms with Gasteiger partial charge in [-0.1, -0.05) is 110 Å². The highest BCUT2D eigenvalue weighted by Gasteiger charge is 2.54. The summed E-state index contributed by atoms with van der Waals surface area (Å²) in [6, 6.07) is 39.5. The van der Waals surface area contributed by atoms with Gasteiger partial charge in [0, 0.05) is 149 Å². The normalized spacial score (nSPS) is 20.5. The van der Waals surface area contributed by atoms with Crippen molar-refractivity contribution in [1.29, 1.82) is 0 Å². The number of pyridine rings is 3. The van der Waals surface area contributed by atoms with Crippen LogP contribution >= 0.6 is 0 Å². The summed E-state index contributed by atoms with van der Waals surface area (Å²) < 4.78 is 6.02. The van der Waals surface area contributed by atoms with Crippen LogP contribution in [0.3, 0.4) is 0 Å². The molecular weight excluding hydrogens is 1380 g/mol. The van der Waals surface area contributed by atoms with E-state index in [1.165, 1.54) is 12.2 Å². The first-order valence-electron chi connectivity index (χ1n) is 37.2. The van der Waals surface area contributed by atoms with Gasteiger partial charge < -0.3 is 31.9 Å². The molecule has 19 rings (SSSR count). The highest BCUT2D eigenvalue weighted by molar-refractivity contribution is 6.00. The third kappa shape index (κ3) is 13.2. The van der Waals surface area contributed by atoms with Crippen molar-refractivity contribution in [2.45, 2.75) is 132 Å². The molecule has 6 bridgehead atoms. The Hall–Kier alpha value is -13.2. The van der Waals surface area contributed by atoms with Gasteiger partial charge in [-0.05, 0) is 132 Å². The summed E-state index contributed by atoms with van der Waals surface area (Å²) in [4.78, 5) is 123. The Labute approximate surface area is 634 Å². The molecule has 3 amide bonds. The second-order valence-electron chi connectivity index (χ2n) is 29.0. The molecular formula is C86H80N18O6. The fraction of sp³-hybridized carbons (Fsp3) is 0.267. The van der Waals surface area contributed by atoms with Crippen molar-refractivity contribution < 1.29 is 28.8 Å². The first-order chi connectivity index (χ1) is 53.6. The zero-order valence-electron chi connectivity index (χ0n) is 60.7. The van der Waals surface area contributed by atoms with Gasteiger partial charge in [0.1, 0.15) is 74.1 Å². The molecule has 6 N–H and O–H groups in total. The summed E-state index contributed by atoms with van der Waals surface area (Å²) in [7, 11) is 0. The van der Waals surface area contributed by atoms with Crippen molar-refractivity contribution in [1.82, 2.24) is 72.8 Å². The smallest absolute Gasteiger partial charge is 0.298 e. The van der Waals surface area contributed by atoms with E-state index in [9.17, 15) is 28.8 Å². The van der Waals surface area contributed by atoms with Gasteiger partial charge in [0.25, 0.3) is 5.91 Å². The fourth-order valence-corrected chi connectivity index (χ4v) is 17.7. The molecule has 1 saturated carbocycles. The Kier molecular flexibility index (Phi) is 19.3. The number of carbonyl (C=O) groups is 6. The van der Waals surface area contributed by atoms with E-state index in [1.54, 1.807) is 44.1 Å². The van der Waals surface area contributed by atoms with E-state index in [2.05, 4.69) is 54.9 Å². The molecule has 0 radical (unpaired) electrons. The van der Waals surface area contributed by atoms with E-state index in [1.807, 2.05) is 174 Å². The number of imidazole rings is 3. The lowest BCUT2D eigenvalue weighted by molar-refractivity contribution is -0.143. The Balaban J connectivity index is 0.000000125. The van der Waals surface area contributed by atoms with Crippen LogP contribution in [0.4, 0.5) is 17.5 Å². The van der Waals surface area contributed by atoms with Crippen LogP contribution in [-0.2, 0) is 39.2 Å². The lowest BCUT2D eigenvalue weighted by atomic mass is 9.69. The van der Waals surface area contributed by atoms with Crippen molar-refractivity contribution in [3.05, 3.63) is 260 Å².